The van der Waals surface area contributed by atoms with Crippen molar-refractivity contribution in [1.29, 1.82) is 0 Å². The molecule has 0 saturated carbocycles. The third kappa shape index (κ3) is 5.77. The third-order valence-corrected chi connectivity index (χ3v) is 5.03. The van der Waals surface area contributed by atoms with Gasteiger partial charge < -0.3 is 9.64 Å². The SMILES string of the molecule is O=CN(O)C[C@H]1CCCCCCc2cc(N3CCOCC3)nc(n2)NNC1=O. The van der Waals surface area contributed by atoms with Crippen molar-refractivity contribution in [2.75, 3.05) is 43.2 Å². The Labute approximate surface area is 164 Å². The molecule has 3 heterocycles. The standard InChI is InChI=1S/C18H28N6O4/c25-13-24(27)12-14-5-3-1-2-4-6-15-11-16(23-7-9-28-10-8-23)20-18(19-15)22-21-17(14)26/h11,13-14,27H,1-10,12H2,(H,21,26)(H,19,20,22)/t14-/m1/s1. The smallest absolute Gasteiger partial charge is 0.243 e. The van der Waals surface area contributed by atoms with Crippen LogP contribution in [0.3, 0.4) is 0 Å². The summed E-state index contributed by atoms with van der Waals surface area (Å²) in [5.41, 5.74) is 6.37. The van der Waals surface area contributed by atoms with E-state index < -0.39 is 5.92 Å². The molecular formula is C18H28N6O4. The van der Waals surface area contributed by atoms with Crippen LogP contribution in [0.1, 0.15) is 37.8 Å². The molecule has 0 spiro atoms. The number of anilines is 2. The number of hydrogen-bond donors (Lipinski definition) is 3. The van der Waals surface area contributed by atoms with E-state index in [1.54, 1.807) is 0 Å². The topological polar surface area (TPSA) is 120 Å². The molecule has 1 aromatic rings. The number of amides is 2. The zero-order valence-corrected chi connectivity index (χ0v) is 16.0. The molecule has 0 unspecified atom stereocenters. The van der Waals surface area contributed by atoms with Gasteiger partial charge in [0.2, 0.25) is 18.3 Å². The predicted molar refractivity (Wildman–Crippen MR) is 102 cm³/mol. The van der Waals surface area contributed by atoms with Crippen molar-refractivity contribution in [3.05, 3.63) is 11.8 Å². The molecule has 2 bridgehead atoms. The molecule has 3 N–H and O–H groups in total. The molecule has 3 rings (SSSR count). The number of aryl methyl sites for hydroxylation is 1. The molecule has 154 valence electrons. The van der Waals surface area contributed by atoms with Gasteiger partial charge in [-0.05, 0) is 19.3 Å². The fourth-order valence-corrected chi connectivity index (χ4v) is 3.47. The number of aromatic nitrogens is 2. The van der Waals surface area contributed by atoms with Crippen LogP contribution in [-0.2, 0) is 20.7 Å². The van der Waals surface area contributed by atoms with E-state index in [1.165, 1.54) is 0 Å². The fourth-order valence-electron chi connectivity index (χ4n) is 3.47. The van der Waals surface area contributed by atoms with Gasteiger partial charge in [0.1, 0.15) is 5.82 Å². The lowest BCUT2D eigenvalue weighted by molar-refractivity contribution is -0.154. The van der Waals surface area contributed by atoms with E-state index >= 15 is 0 Å². The number of fused-ring (bicyclic) bond motifs is 2. The molecule has 1 fully saturated rings. The lowest BCUT2D eigenvalue weighted by atomic mass is 9.99. The maximum absolute atomic E-state index is 12.5. The molecule has 28 heavy (non-hydrogen) atoms. The number of morpholine rings is 1. The number of ether oxygens (including phenoxy) is 1. The van der Waals surface area contributed by atoms with E-state index in [-0.39, 0.29) is 12.5 Å². The lowest BCUT2D eigenvalue weighted by Gasteiger charge is -2.28. The maximum Gasteiger partial charge on any atom is 0.243 e. The summed E-state index contributed by atoms with van der Waals surface area (Å²) in [4.78, 5) is 34.4. The van der Waals surface area contributed by atoms with Gasteiger partial charge in [0.05, 0.1) is 25.7 Å². The van der Waals surface area contributed by atoms with Crippen molar-refractivity contribution in [3.8, 4) is 0 Å². The quantitative estimate of drug-likeness (QED) is 0.390. The van der Waals surface area contributed by atoms with E-state index in [0.717, 1.165) is 56.7 Å². The van der Waals surface area contributed by atoms with Crippen molar-refractivity contribution < 1.29 is 19.5 Å². The minimum absolute atomic E-state index is 0.0447. The van der Waals surface area contributed by atoms with Crippen molar-refractivity contribution >= 4 is 24.1 Å². The molecule has 2 aliphatic heterocycles. The van der Waals surface area contributed by atoms with Crippen molar-refractivity contribution in [2.45, 2.75) is 38.5 Å². The number of rotatable bonds is 4. The molecule has 0 aliphatic carbocycles. The Morgan fingerprint density at radius 1 is 1.21 bits per heavy atom. The Morgan fingerprint density at radius 3 is 2.79 bits per heavy atom. The Bertz CT molecular complexity index is 667. The van der Waals surface area contributed by atoms with Gasteiger partial charge in [-0.2, -0.15) is 4.98 Å². The second-order valence-corrected chi connectivity index (χ2v) is 7.13. The number of carbonyl (C=O) groups excluding carboxylic acids is 2. The van der Waals surface area contributed by atoms with E-state index in [0.29, 0.717) is 37.1 Å². The summed E-state index contributed by atoms with van der Waals surface area (Å²) >= 11 is 0. The zero-order chi connectivity index (χ0) is 19.8. The van der Waals surface area contributed by atoms with Crippen molar-refractivity contribution in [2.24, 2.45) is 5.92 Å². The summed E-state index contributed by atoms with van der Waals surface area (Å²) in [7, 11) is 0. The largest absolute Gasteiger partial charge is 0.378 e. The maximum atomic E-state index is 12.5. The first-order chi connectivity index (χ1) is 13.7. The first-order valence-electron chi connectivity index (χ1n) is 9.83. The summed E-state index contributed by atoms with van der Waals surface area (Å²) in [6, 6.07) is 2.01. The van der Waals surface area contributed by atoms with Crippen LogP contribution in [0, 0.1) is 5.92 Å². The second-order valence-electron chi connectivity index (χ2n) is 7.13. The summed E-state index contributed by atoms with van der Waals surface area (Å²) < 4.78 is 5.41. The highest BCUT2D eigenvalue weighted by Crippen LogP contribution is 2.19. The minimum atomic E-state index is -0.509. The number of nitrogens with zero attached hydrogens (tertiary/aromatic N) is 4. The van der Waals surface area contributed by atoms with Crippen LogP contribution in [0.25, 0.3) is 0 Å². The summed E-state index contributed by atoms with van der Waals surface area (Å²) in [5, 5.41) is 9.99. The molecule has 1 atom stereocenters. The van der Waals surface area contributed by atoms with Crippen LogP contribution < -0.4 is 15.8 Å². The van der Waals surface area contributed by atoms with Crippen LogP contribution in [0.15, 0.2) is 6.07 Å². The average molecular weight is 392 g/mol. The van der Waals surface area contributed by atoms with E-state index in [1.807, 2.05) is 6.07 Å². The molecular weight excluding hydrogens is 364 g/mol. The molecule has 1 saturated heterocycles. The van der Waals surface area contributed by atoms with Crippen LogP contribution >= 0.6 is 0 Å². The number of hydrazine groups is 1. The van der Waals surface area contributed by atoms with Gasteiger partial charge in [-0.25, -0.2) is 10.0 Å². The number of nitrogens with one attached hydrogen (secondary N) is 2. The predicted octanol–water partition coefficient (Wildman–Crippen LogP) is 0.727. The lowest BCUT2D eigenvalue weighted by Crippen LogP contribution is -2.41. The minimum Gasteiger partial charge on any atom is -0.378 e. The number of carbonyl (C=O) groups is 2. The van der Waals surface area contributed by atoms with Gasteiger partial charge >= 0.3 is 0 Å². The molecule has 10 nitrogen and oxygen atoms in total. The average Bonchev–Trinajstić information content (AvgIpc) is 2.74. The van der Waals surface area contributed by atoms with Gasteiger partial charge in [0.15, 0.2) is 0 Å². The summed E-state index contributed by atoms with van der Waals surface area (Å²) in [5.74, 6) is 0.341. The highest BCUT2D eigenvalue weighted by Gasteiger charge is 2.22. The Kier molecular flexibility index (Phi) is 7.38. The van der Waals surface area contributed by atoms with Gasteiger partial charge in [-0.1, -0.05) is 19.3 Å². The van der Waals surface area contributed by atoms with Gasteiger partial charge in [0, 0.05) is 24.8 Å². The van der Waals surface area contributed by atoms with E-state index in [9.17, 15) is 14.8 Å². The highest BCUT2D eigenvalue weighted by molar-refractivity contribution is 5.80. The molecule has 2 aliphatic rings. The van der Waals surface area contributed by atoms with Gasteiger partial charge in [-0.15, -0.1) is 0 Å². The van der Waals surface area contributed by atoms with Crippen molar-refractivity contribution in [3.63, 3.8) is 0 Å². The molecule has 0 radical (unpaired) electrons. The summed E-state index contributed by atoms with van der Waals surface area (Å²) in [6.07, 6.45) is 5.63. The zero-order valence-electron chi connectivity index (χ0n) is 16.0. The highest BCUT2D eigenvalue weighted by atomic mass is 16.5. The normalized spacial score (nSPS) is 21.4. The van der Waals surface area contributed by atoms with Crippen LogP contribution in [0.2, 0.25) is 0 Å². The number of hydrogen-bond acceptors (Lipinski definition) is 8. The molecule has 0 aromatic carbocycles. The molecule has 2 amide bonds. The van der Waals surface area contributed by atoms with Gasteiger partial charge in [-0.3, -0.25) is 25.6 Å². The Balaban J connectivity index is 1.76. The Hall–Kier alpha value is -2.46. The van der Waals surface area contributed by atoms with Crippen molar-refractivity contribution in [1.82, 2.24) is 20.5 Å². The molecule has 1 aromatic heterocycles. The monoisotopic (exact) mass is 392 g/mol. The van der Waals surface area contributed by atoms with Crippen LogP contribution in [0.5, 0.6) is 0 Å². The first kappa shape index (κ1) is 20.3. The second kappa shape index (κ2) is 10.2. The first-order valence-corrected chi connectivity index (χ1v) is 9.83. The number of hydroxylamine groups is 2. The summed E-state index contributed by atoms with van der Waals surface area (Å²) in [6.45, 7) is 2.81. The van der Waals surface area contributed by atoms with Crippen LogP contribution in [0.4, 0.5) is 11.8 Å². The van der Waals surface area contributed by atoms with Gasteiger partial charge in [0.25, 0.3) is 0 Å². The third-order valence-electron chi connectivity index (χ3n) is 5.03. The molecule has 10 heteroatoms. The Morgan fingerprint density at radius 2 is 2.00 bits per heavy atom. The fraction of sp³-hybridized carbons (Fsp3) is 0.667. The van der Waals surface area contributed by atoms with E-state index in [2.05, 4.69) is 25.7 Å². The van der Waals surface area contributed by atoms with E-state index in [4.69, 9.17) is 4.74 Å². The van der Waals surface area contributed by atoms with Crippen LogP contribution in [-0.4, -0.2) is 65.4 Å².